The molecule has 0 aliphatic heterocycles. The summed E-state index contributed by atoms with van der Waals surface area (Å²) >= 11 is 0. The third-order valence-electron chi connectivity index (χ3n) is 3.94. The fourth-order valence-corrected chi connectivity index (χ4v) is 2.62. The summed E-state index contributed by atoms with van der Waals surface area (Å²) in [7, 11) is 1.35. The van der Waals surface area contributed by atoms with Gasteiger partial charge in [-0.3, -0.25) is 14.2 Å². The van der Waals surface area contributed by atoms with Crippen LogP contribution in [0, 0.1) is 5.82 Å². The second-order valence-electron chi connectivity index (χ2n) is 5.67. The van der Waals surface area contributed by atoms with E-state index in [2.05, 4.69) is 0 Å². The van der Waals surface area contributed by atoms with Gasteiger partial charge in [0.05, 0.1) is 24.6 Å². The number of methoxy groups -OCH3 is 1. The number of halogens is 1. The zero-order chi connectivity index (χ0) is 19.4. The lowest BCUT2D eigenvalue weighted by molar-refractivity contribution is -0.142. The summed E-state index contributed by atoms with van der Waals surface area (Å²) in [5, 5.41) is 0. The molecule has 0 atom stereocenters. The van der Waals surface area contributed by atoms with Crippen LogP contribution in [0.5, 0.6) is 5.75 Å². The van der Waals surface area contributed by atoms with Crippen molar-refractivity contribution in [3.63, 3.8) is 0 Å². The molecule has 0 radical (unpaired) electrons. The van der Waals surface area contributed by atoms with Crippen molar-refractivity contribution in [2.24, 2.45) is 0 Å². The smallest absolute Gasteiger partial charge is 0.419 e. The lowest BCUT2D eigenvalue weighted by atomic mass is 10.1. The van der Waals surface area contributed by atoms with Gasteiger partial charge in [0.1, 0.15) is 11.6 Å². The average Bonchev–Trinajstić information content (AvgIpc) is 2.99. The van der Waals surface area contributed by atoms with Crippen LogP contribution in [-0.2, 0) is 16.1 Å². The number of para-hydroxylation sites is 2. The predicted octanol–water partition coefficient (Wildman–Crippen LogP) is 2.56. The predicted molar refractivity (Wildman–Crippen MR) is 93.3 cm³/mol. The van der Waals surface area contributed by atoms with Gasteiger partial charge in [-0.1, -0.05) is 12.1 Å². The Kier molecular flexibility index (Phi) is 5.35. The standard InChI is InChI=1S/C19H16FNO6/c1-25-16-7-6-12(20)10-13(16)15(22)11-26-18(23)8-9-21-14-4-2-3-5-17(14)27-19(21)24/h2-7,10H,8-9,11H2,1H3. The molecule has 3 aromatic rings. The first kappa shape index (κ1) is 18.4. The van der Waals surface area contributed by atoms with Crippen LogP contribution in [-0.4, -0.2) is 30.0 Å². The SMILES string of the molecule is COc1ccc(F)cc1C(=O)COC(=O)CCn1c(=O)oc2ccccc21. The molecule has 0 aliphatic rings. The summed E-state index contributed by atoms with van der Waals surface area (Å²) in [6.07, 6.45) is -0.128. The molecular formula is C19H16FNO6. The molecule has 0 saturated heterocycles. The molecule has 7 nitrogen and oxygen atoms in total. The van der Waals surface area contributed by atoms with Gasteiger partial charge in [-0.25, -0.2) is 9.18 Å². The number of rotatable bonds is 7. The Hall–Kier alpha value is -3.42. The van der Waals surface area contributed by atoms with Crippen LogP contribution in [0.1, 0.15) is 16.8 Å². The average molecular weight is 373 g/mol. The molecule has 0 spiro atoms. The quantitative estimate of drug-likeness (QED) is 0.467. The molecule has 2 aromatic carbocycles. The highest BCUT2D eigenvalue weighted by Gasteiger charge is 2.16. The van der Waals surface area contributed by atoms with Gasteiger partial charge in [0.15, 0.2) is 12.2 Å². The maximum Gasteiger partial charge on any atom is 0.419 e. The molecule has 0 bridgehead atoms. The van der Waals surface area contributed by atoms with E-state index in [9.17, 15) is 18.8 Å². The van der Waals surface area contributed by atoms with Gasteiger partial charge < -0.3 is 13.9 Å². The number of Topliss-reactive ketones (excluding diaryl/α,β-unsaturated/α-hetero) is 1. The molecule has 0 aliphatic carbocycles. The van der Waals surface area contributed by atoms with Gasteiger partial charge in [-0.2, -0.15) is 0 Å². The Bertz CT molecular complexity index is 1050. The van der Waals surface area contributed by atoms with E-state index in [4.69, 9.17) is 13.9 Å². The van der Waals surface area contributed by atoms with E-state index in [0.717, 1.165) is 12.1 Å². The Morgan fingerprint density at radius 1 is 1.19 bits per heavy atom. The number of ether oxygens (including phenoxy) is 2. The van der Waals surface area contributed by atoms with Crippen molar-refractivity contribution in [2.45, 2.75) is 13.0 Å². The van der Waals surface area contributed by atoms with Crippen molar-refractivity contribution in [1.29, 1.82) is 0 Å². The van der Waals surface area contributed by atoms with Crippen LogP contribution >= 0.6 is 0 Å². The third-order valence-corrected chi connectivity index (χ3v) is 3.94. The lowest BCUT2D eigenvalue weighted by Crippen LogP contribution is -2.19. The van der Waals surface area contributed by atoms with Crippen LogP contribution in [0.25, 0.3) is 11.1 Å². The second kappa shape index (κ2) is 7.86. The number of esters is 1. The minimum atomic E-state index is -0.670. The Morgan fingerprint density at radius 3 is 2.74 bits per heavy atom. The topological polar surface area (TPSA) is 87.7 Å². The number of hydrogen-bond donors (Lipinski definition) is 0. The van der Waals surface area contributed by atoms with Crippen LogP contribution < -0.4 is 10.5 Å². The van der Waals surface area contributed by atoms with E-state index in [0.29, 0.717) is 11.1 Å². The first-order valence-electron chi connectivity index (χ1n) is 8.10. The number of aryl methyl sites for hydroxylation is 1. The first-order chi connectivity index (χ1) is 13.0. The fraction of sp³-hybridized carbons (Fsp3) is 0.211. The normalized spacial score (nSPS) is 10.7. The van der Waals surface area contributed by atoms with Gasteiger partial charge in [0.25, 0.3) is 0 Å². The highest BCUT2D eigenvalue weighted by Crippen LogP contribution is 2.20. The summed E-state index contributed by atoms with van der Waals surface area (Å²) in [6, 6.07) is 10.3. The maximum atomic E-state index is 13.3. The molecule has 0 amide bonds. The lowest BCUT2D eigenvalue weighted by Gasteiger charge is -2.08. The first-order valence-corrected chi connectivity index (χ1v) is 8.10. The second-order valence-corrected chi connectivity index (χ2v) is 5.67. The summed E-state index contributed by atoms with van der Waals surface area (Å²) < 4.78 is 29.7. The van der Waals surface area contributed by atoms with Crippen LogP contribution in [0.2, 0.25) is 0 Å². The van der Waals surface area contributed by atoms with Crippen LogP contribution in [0.3, 0.4) is 0 Å². The summed E-state index contributed by atoms with van der Waals surface area (Å²) in [6.45, 7) is -0.508. The van der Waals surface area contributed by atoms with Gasteiger partial charge in [0.2, 0.25) is 5.78 Å². The van der Waals surface area contributed by atoms with E-state index >= 15 is 0 Å². The number of fused-ring (bicyclic) bond motifs is 1. The van der Waals surface area contributed by atoms with Crippen molar-refractivity contribution < 1.29 is 27.9 Å². The molecule has 0 unspecified atom stereocenters. The number of carbonyl (C=O) groups is 2. The van der Waals surface area contributed by atoms with Crippen molar-refractivity contribution in [3.8, 4) is 5.75 Å². The molecule has 3 rings (SSSR count). The van der Waals surface area contributed by atoms with E-state index in [-0.39, 0.29) is 24.3 Å². The summed E-state index contributed by atoms with van der Waals surface area (Å²) in [5.74, 6) is -2.25. The third kappa shape index (κ3) is 4.05. The molecule has 0 saturated carbocycles. The number of nitrogens with zero attached hydrogens (tertiary/aromatic N) is 1. The van der Waals surface area contributed by atoms with Crippen molar-refractivity contribution in [3.05, 3.63) is 64.4 Å². The van der Waals surface area contributed by atoms with E-state index < -0.39 is 29.9 Å². The van der Waals surface area contributed by atoms with Crippen molar-refractivity contribution >= 4 is 22.9 Å². The van der Waals surface area contributed by atoms with E-state index in [1.807, 2.05) is 0 Å². The number of aromatic nitrogens is 1. The molecule has 1 aromatic heterocycles. The monoisotopic (exact) mass is 373 g/mol. The minimum absolute atomic E-state index is 0.0117. The molecule has 1 heterocycles. The molecule has 8 heteroatoms. The summed E-state index contributed by atoms with van der Waals surface area (Å²) in [5.41, 5.74) is 0.975. The van der Waals surface area contributed by atoms with Crippen molar-refractivity contribution in [2.75, 3.05) is 13.7 Å². The van der Waals surface area contributed by atoms with Gasteiger partial charge >= 0.3 is 11.7 Å². The molecule has 27 heavy (non-hydrogen) atoms. The fourth-order valence-electron chi connectivity index (χ4n) is 2.62. The number of carbonyl (C=O) groups excluding carboxylic acids is 2. The highest BCUT2D eigenvalue weighted by atomic mass is 19.1. The largest absolute Gasteiger partial charge is 0.496 e. The highest BCUT2D eigenvalue weighted by molar-refractivity contribution is 6.00. The molecular weight excluding hydrogens is 357 g/mol. The maximum absolute atomic E-state index is 13.3. The Balaban J connectivity index is 1.60. The van der Waals surface area contributed by atoms with Gasteiger partial charge in [-0.05, 0) is 30.3 Å². The van der Waals surface area contributed by atoms with Crippen LogP contribution in [0.4, 0.5) is 4.39 Å². The molecule has 140 valence electrons. The zero-order valence-corrected chi connectivity index (χ0v) is 14.4. The Morgan fingerprint density at radius 2 is 1.96 bits per heavy atom. The number of hydrogen-bond acceptors (Lipinski definition) is 6. The number of ketones is 1. The number of benzene rings is 2. The Labute approximate surface area is 152 Å². The minimum Gasteiger partial charge on any atom is -0.496 e. The van der Waals surface area contributed by atoms with Gasteiger partial charge in [-0.15, -0.1) is 0 Å². The molecule has 0 fully saturated rings. The van der Waals surface area contributed by atoms with Crippen molar-refractivity contribution in [1.82, 2.24) is 4.57 Å². The molecule has 0 N–H and O–H groups in total. The van der Waals surface area contributed by atoms with E-state index in [1.165, 1.54) is 17.7 Å². The van der Waals surface area contributed by atoms with Gasteiger partial charge in [0, 0.05) is 6.54 Å². The zero-order valence-electron chi connectivity index (χ0n) is 14.4. The summed E-state index contributed by atoms with van der Waals surface area (Å²) in [4.78, 5) is 35.9. The van der Waals surface area contributed by atoms with E-state index in [1.54, 1.807) is 24.3 Å². The number of oxazole rings is 1. The van der Waals surface area contributed by atoms with Crippen LogP contribution in [0.15, 0.2) is 51.7 Å².